The lowest BCUT2D eigenvalue weighted by Gasteiger charge is -2.05. The maximum atomic E-state index is 8.44. The number of hydrogen-bond donors (Lipinski definition) is 2. The van der Waals surface area contributed by atoms with Crippen LogP contribution in [0.4, 0.5) is 0 Å². The molecule has 0 aromatic rings. The SMILES string of the molecule is CNC(CO)CC#N. The molecule has 0 spiro atoms. The largest absolute Gasteiger partial charge is 0.395 e. The second-order valence-electron chi connectivity index (χ2n) is 1.53. The summed E-state index contributed by atoms with van der Waals surface area (Å²) in [4.78, 5) is 0. The van der Waals surface area contributed by atoms with Gasteiger partial charge < -0.3 is 10.4 Å². The van der Waals surface area contributed by atoms with Crippen LogP contribution in [0.1, 0.15) is 6.42 Å². The van der Waals surface area contributed by atoms with Crippen molar-refractivity contribution >= 4 is 0 Å². The van der Waals surface area contributed by atoms with Gasteiger partial charge in [0.25, 0.3) is 0 Å². The summed E-state index contributed by atoms with van der Waals surface area (Å²) in [6, 6.07) is 1.89. The third-order valence-corrected chi connectivity index (χ3v) is 0.966. The number of rotatable bonds is 3. The molecular formula is C5H10N2O. The zero-order chi connectivity index (χ0) is 6.41. The van der Waals surface area contributed by atoms with Crippen LogP contribution in [0.3, 0.4) is 0 Å². The molecule has 0 amide bonds. The third kappa shape index (κ3) is 2.56. The first-order valence-corrected chi connectivity index (χ1v) is 2.50. The Morgan fingerprint density at radius 2 is 2.50 bits per heavy atom. The predicted octanol–water partition coefficient (Wildman–Crippen LogP) is -0.520. The molecule has 0 aromatic heterocycles. The van der Waals surface area contributed by atoms with E-state index in [1.165, 1.54) is 0 Å². The zero-order valence-electron chi connectivity index (χ0n) is 4.89. The van der Waals surface area contributed by atoms with Crippen LogP contribution in [0.2, 0.25) is 0 Å². The van der Waals surface area contributed by atoms with E-state index in [4.69, 9.17) is 10.4 Å². The number of likely N-dealkylation sites (N-methyl/N-ethyl adjacent to an activating group) is 1. The first-order chi connectivity index (χ1) is 3.85. The van der Waals surface area contributed by atoms with E-state index in [2.05, 4.69) is 5.32 Å². The van der Waals surface area contributed by atoms with Gasteiger partial charge in [0, 0.05) is 6.04 Å². The highest BCUT2D eigenvalue weighted by Gasteiger charge is 1.99. The highest BCUT2D eigenvalue weighted by Crippen LogP contribution is 1.84. The van der Waals surface area contributed by atoms with Gasteiger partial charge in [-0.2, -0.15) is 5.26 Å². The minimum atomic E-state index is -0.0556. The predicted molar refractivity (Wildman–Crippen MR) is 30.2 cm³/mol. The summed E-state index contributed by atoms with van der Waals surface area (Å²) in [6.07, 6.45) is 0.368. The topological polar surface area (TPSA) is 56.0 Å². The van der Waals surface area contributed by atoms with Crippen molar-refractivity contribution in [3.63, 3.8) is 0 Å². The van der Waals surface area contributed by atoms with Crippen molar-refractivity contribution < 1.29 is 5.11 Å². The normalized spacial score (nSPS) is 12.6. The maximum Gasteiger partial charge on any atom is 0.0639 e. The lowest BCUT2D eigenvalue weighted by atomic mass is 10.2. The minimum absolute atomic E-state index is 0.0318. The van der Waals surface area contributed by atoms with E-state index in [0.717, 1.165) is 0 Å². The average Bonchev–Trinajstić information content (AvgIpc) is 1.83. The third-order valence-electron chi connectivity index (χ3n) is 0.966. The average molecular weight is 114 g/mol. The molecular weight excluding hydrogens is 104 g/mol. The van der Waals surface area contributed by atoms with Gasteiger partial charge in [-0.05, 0) is 7.05 Å². The first-order valence-electron chi connectivity index (χ1n) is 2.50. The number of hydrogen-bond acceptors (Lipinski definition) is 3. The Kier molecular flexibility index (Phi) is 4.23. The lowest BCUT2D eigenvalue weighted by molar-refractivity contribution is 0.250. The van der Waals surface area contributed by atoms with Crippen molar-refractivity contribution in [1.82, 2.24) is 5.32 Å². The van der Waals surface area contributed by atoms with Gasteiger partial charge in [-0.1, -0.05) is 0 Å². The molecule has 3 nitrogen and oxygen atoms in total. The minimum Gasteiger partial charge on any atom is -0.395 e. The van der Waals surface area contributed by atoms with Gasteiger partial charge in [-0.25, -0.2) is 0 Å². The molecule has 0 rings (SSSR count). The zero-order valence-corrected chi connectivity index (χ0v) is 4.89. The van der Waals surface area contributed by atoms with Crippen LogP contribution < -0.4 is 5.32 Å². The van der Waals surface area contributed by atoms with E-state index in [1.807, 2.05) is 6.07 Å². The van der Waals surface area contributed by atoms with Crippen LogP contribution in [0.15, 0.2) is 0 Å². The summed E-state index contributed by atoms with van der Waals surface area (Å²) in [5.74, 6) is 0. The first kappa shape index (κ1) is 7.41. The molecule has 0 bridgehead atoms. The molecule has 46 valence electrons. The smallest absolute Gasteiger partial charge is 0.0639 e. The molecule has 8 heavy (non-hydrogen) atoms. The molecule has 1 unspecified atom stereocenters. The standard InChI is InChI=1S/C5H10N2O/c1-7-5(4-8)2-3-6/h5,7-8H,2,4H2,1H3. The molecule has 0 radical (unpaired) electrons. The molecule has 0 aliphatic heterocycles. The summed E-state index contributed by atoms with van der Waals surface area (Å²) >= 11 is 0. The van der Waals surface area contributed by atoms with Gasteiger partial charge in [0.15, 0.2) is 0 Å². The quantitative estimate of drug-likeness (QED) is 0.519. The molecule has 0 fully saturated rings. The number of aliphatic hydroxyl groups excluding tert-OH is 1. The maximum absolute atomic E-state index is 8.44. The summed E-state index contributed by atoms with van der Waals surface area (Å²) in [5, 5.41) is 19.3. The monoisotopic (exact) mass is 114 g/mol. The van der Waals surface area contributed by atoms with Crippen LogP contribution in [-0.4, -0.2) is 24.8 Å². The van der Waals surface area contributed by atoms with Crippen LogP contribution in [0.25, 0.3) is 0 Å². The fraction of sp³-hybridized carbons (Fsp3) is 0.800. The van der Waals surface area contributed by atoms with E-state index in [0.29, 0.717) is 6.42 Å². The molecule has 0 aliphatic carbocycles. The lowest BCUT2D eigenvalue weighted by Crippen LogP contribution is -2.28. The highest BCUT2D eigenvalue weighted by atomic mass is 16.3. The number of nitrogens with zero attached hydrogens (tertiary/aromatic N) is 1. The molecule has 3 heteroatoms. The Labute approximate surface area is 48.9 Å². The second-order valence-corrected chi connectivity index (χ2v) is 1.53. The van der Waals surface area contributed by atoms with Crippen molar-refractivity contribution in [3.05, 3.63) is 0 Å². The van der Waals surface area contributed by atoms with Crippen molar-refractivity contribution in [3.8, 4) is 6.07 Å². The van der Waals surface area contributed by atoms with Crippen molar-refractivity contribution in [2.24, 2.45) is 0 Å². The van der Waals surface area contributed by atoms with Crippen LogP contribution in [0, 0.1) is 11.3 Å². The van der Waals surface area contributed by atoms with E-state index >= 15 is 0 Å². The van der Waals surface area contributed by atoms with Gasteiger partial charge in [0.05, 0.1) is 19.1 Å². The van der Waals surface area contributed by atoms with Gasteiger partial charge >= 0.3 is 0 Å². The van der Waals surface area contributed by atoms with Gasteiger partial charge in [0.2, 0.25) is 0 Å². The molecule has 0 saturated heterocycles. The Balaban J connectivity index is 3.25. The van der Waals surface area contributed by atoms with E-state index in [1.54, 1.807) is 7.05 Å². The Morgan fingerprint density at radius 3 is 2.62 bits per heavy atom. The summed E-state index contributed by atoms with van der Waals surface area (Å²) in [5.41, 5.74) is 0. The van der Waals surface area contributed by atoms with Gasteiger partial charge in [0.1, 0.15) is 0 Å². The van der Waals surface area contributed by atoms with Crippen LogP contribution in [-0.2, 0) is 0 Å². The van der Waals surface area contributed by atoms with Crippen LogP contribution >= 0.6 is 0 Å². The second kappa shape index (κ2) is 4.57. The fourth-order valence-corrected chi connectivity index (χ4v) is 0.368. The van der Waals surface area contributed by atoms with Crippen molar-refractivity contribution in [2.45, 2.75) is 12.5 Å². The Morgan fingerprint density at radius 1 is 1.88 bits per heavy atom. The molecule has 2 N–H and O–H groups in total. The van der Waals surface area contributed by atoms with Crippen molar-refractivity contribution in [1.29, 1.82) is 5.26 Å². The van der Waals surface area contributed by atoms with Gasteiger partial charge in [-0.15, -0.1) is 0 Å². The van der Waals surface area contributed by atoms with Crippen molar-refractivity contribution in [2.75, 3.05) is 13.7 Å². The molecule has 0 aliphatic rings. The number of aliphatic hydroxyl groups is 1. The van der Waals surface area contributed by atoms with Crippen LogP contribution in [0.5, 0.6) is 0 Å². The van der Waals surface area contributed by atoms with E-state index in [-0.39, 0.29) is 12.6 Å². The number of nitriles is 1. The molecule has 1 atom stereocenters. The molecule has 0 saturated carbocycles. The summed E-state index contributed by atoms with van der Waals surface area (Å²) < 4.78 is 0. The fourth-order valence-electron chi connectivity index (χ4n) is 0.368. The summed E-state index contributed by atoms with van der Waals surface area (Å²) in [6.45, 7) is 0.0318. The van der Waals surface area contributed by atoms with E-state index < -0.39 is 0 Å². The van der Waals surface area contributed by atoms with E-state index in [9.17, 15) is 0 Å². The molecule has 0 aromatic carbocycles. The Hall–Kier alpha value is -0.590. The highest BCUT2D eigenvalue weighted by molar-refractivity contribution is 4.78. The van der Waals surface area contributed by atoms with Gasteiger partial charge in [-0.3, -0.25) is 0 Å². The Bertz CT molecular complexity index is 82.9. The molecule has 0 heterocycles. The number of nitrogens with one attached hydrogen (secondary N) is 1. The summed E-state index contributed by atoms with van der Waals surface area (Å²) in [7, 11) is 1.72.